The van der Waals surface area contributed by atoms with Crippen LogP contribution in [0.4, 0.5) is 0 Å². The monoisotopic (exact) mass is 222 g/mol. The molecule has 0 fully saturated rings. The summed E-state index contributed by atoms with van der Waals surface area (Å²) in [6.07, 6.45) is -0.337. The number of hydrogen-bond donors (Lipinski definition) is 0. The Balaban J connectivity index is 2.80. The topological polar surface area (TPSA) is 35.5 Å². The van der Waals surface area contributed by atoms with E-state index >= 15 is 0 Å². The summed E-state index contributed by atoms with van der Waals surface area (Å²) in [7, 11) is 0. The van der Waals surface area contributed by atoms with Crippen LogP contribution in [0.25, 0.3) is 0 Å². The molecule has 0 atom stereocenters. The molecule has 0 aliphatic heterocycles. The average molecular weight is 222 g/mol. The second-order valence-corrected chi connectivity index (χ2v) is 3.42. The van der Waals surface area contributed by atoms with Gasteiger partial charge in [0.05, 0.1) is 0 Å². The maximum Gasteiger partial charge on any atom is 0.183 e. The van der Waals surface area contributed by atoms with Gasteiger partial charge in [-0.05, 0) is 20.8 Å². The minimum absolute atomic E-state index is 0.0657. The molecule has 88 valence electrons. The van der Waals surface area contributed by atoms with Gasteiger partial charge in [0.15, 0.2) is 12.1 Å². The first-order valence-corrected chi connectivity index (χ1v) is 5.53. The van der Waals surface area contributed by atoms with Gasteiger partial charge in [0.1, 0.15) is 0 Å². The molecular weight excluding hydrogens is 204 g/mol. The van der Waals surface area contributed by atoms with E-state index in [0.717, 1.165) is 5.56 Å². The lowest BCUT2D eigenvalue weighted by Crippen LogP contribution is -2.09. The van der Waals surface area contributed by atoms with Crippen LogP contribution >= 0.6 is 0 Å². The number of carbonyl (C=O) groups is 1. The van der Waals surface area contributed by atoms with Crippen LogP contribution in [0, 0.1) is 0 Å². The first kappa shape index (κ1) is 12.9. The van der Waals surface area contributed by atoms with Crippen LogP contribution in [0.2, 0.25) is 0 Å². The number of benzene rings is 1. The third-order valence-electron chi connectivity index (χ3n) is 2.23. The molecule has 0 bridgehead atoms. The van der Waals surface area contributed by atoms with Crippen molar-refractivity contribution in [1.82, 2.24) is 0 Å². The maximum absolute atomic E-state index is 11.1. The van der Waals surface area contributed by atoms with E-state index in [-0.39, 0.29) is 12.1 Å². The molecule has 0 saturated heterocycles. The minimum atomic E-state index is -0.337. The maximum atomic E-state index is 11.1. The van der Waals surface area contributed by atoms with Gasteiger partial charge >= 0.3 is 0 Å². The second-order valence-electron chi connectivity index (χ2n) is 3.42. The number of carbonyl (C=O) groups excluding carboxylic acids is 1. The van der Waals surface area contributed by atoms with Gasteiger partial charge in [-0.3, -0.25) is 4.79 Å². The molecule has 1 aromatic rings. The van der Waals surface area contributed by atoms with E-state index in [2.05, 4.69) is 0 Å². The lowest BCUT2D eigenvalue weighted by atomic mass is 10.1. The molecule has 0 aliphatic carbocycles. The molecule has 0 spiro atoms. The number of ether oxygens (including phenoxy) is 2. The predicted molar refractivity (Wildman–Crippen MR) is 62.4 cm³/mol. The highest BCUT2D eigenvalue weighted by molar-refractivity contribution is 5.93. The van der Waals surface area contributed by atoms with Crippen molar-refractivity contribution in [2.24, 2.45) is 0 Å². The molecule has 0 aliphatic rings. The lowest BCUT2D eigenvalue weighted by molar-refractivity contribution is -0.140. The molecule has 0 unspecified atom stereocenters. The van der Waals surface area contributed by atoms with Crippen molar-refractivity contribution in [2.75, 3.05) is 13.2 Å². The molecule has 0 saturated carbocycles. The van der Waals surface area contributed by atoms with Crippen LogP contribution in [0.1, 0.15) is 43.0 Å². The van der Waals surface area contributed by atoms with Crippen molar-refractivity contribution in [2.45, 2.75) is 27.1 Å². The Morgan fingerprint density at radius 2 is 1.62 bits per heavy atom. The molecule has 0 heterocycles. The number of Topliss-reactive ketones (excluding diaryl/α,β-unsaturated/α-hetero) is 1. The summed E-state index contributed by atoms with van der Waals surface area (Å²) in [5.41, 5.74) is 1.64. The third-order valence-corrected chi connectivity index (χ3v) is 2.23. The van der Waals surface area contributed by atoms with Crippen LogP contribution in [-0.2, 0) is 9.47 Å². The Labute approximate surface area is 96.4 Å². The summed E-state index contributed by atoms with van der Waals surface area (Å²) in [5.74, 6) is 0.0657. The number of ketones is 1. The largest absolute Gasteiger partial charge is 0.349 e. The zero-order valence-corrected chi connectivity index (χ0v) is 10.0. The summed E-state index contributed by atoms with van der Waals surface area (Å²) < 4.78 is 10.9. The molecule has 1 aromatic carbocycles. The Bertz CT molecular complexity index is 324. The predicted octanol–water partition coefficient (Wildman–Crippen LogP) is 2.96. The van der Waals surface area contributed by atoms with E-state index < -0.39 is 0 Å². The quantitative estimate of drug-likeness (QED) is 0.548. The fourth-order valence-electron chi connectivity index (χ4n) is 1.42. The smallest absolute Gasteiger partial charge is 0.183 e. The van der Waals surface area contributed by atoms with Crippen LogP contribution in [0.5, 0.6) is 0 Å². The van der Waals surface area contributed by atoms with Gasteiger partial charge in [0, 0.05) is 24.3 Å². The van der Waals surface area contributed by atoms with E-state index in [0.29, 0.717) is 18.8 Å². The van der Waals surface area contributed by atoms with E-state index in [1.807, 2.05) is 26.0 Å². The minimum Gasteiger partial charge on any atom is -0.349 e. The lowest BCUT2D eigenvalue weighted by Gasteiger charge is -2.17. The van der Waals surface area contributed by atoms with Gasteiger partial charge in [0.25, 0.3) is 0 Å². The Kier molecular flexibility index (Phi) is 5.15. The van der Waals surface area contributed by atoms with E-state index in [1.165, 1.54) is 0 Å². The van der Waals surface area contributed by atoms with Crippen molar-refractivity contribution >= 4 is 5.78 Å². The van der Waals surface area contributed by atoms with Crippen LogP contribution in [0.15, 0.2) is 24.3 Å². The van der Waals surface area contributed by atoms with Gasteiger partial charge in [0.2, 0.25) is 0 Å². The second kappa shape index (κ2) is 6.40. The SMILES string of the molecule is CCOC(OCC)c1ccc(C(C)=O)cc1. The van der Waals surface area contributed by atoms with Crippen molar-refractivity contribution in [3.63, 3.8) is 0 Å². The number of rotatable bonds is 6. The highest BCUT2D eigenvalue weighted by atomic mass is 16.7. The first-order chi connectivity index (χ1) is 7.69. The summed E-state index contributed by atoms with van der Waals surface area (Å²) in [4.78, 5) is 11.1. The highest BCUT2D eigenvalue weighted by Gasteiger charge is 2.11. The van der Waals surface area contributed by atoms with Gasteiger partial charge < -0.3 is 9.47 Å². The zero-order chi connectivity index (χ0) is 12.0. The molecule has 0 radical (unpaired) electrons. The molecule has 0 N–H and O–H groups in total. The fraction of sp³-hybridized carbons (Fsp3) is 0.462. The first-order valence-electron chi connectivity index (χ1n) is 5.53. The highest BCUT2D eigenvalue weighted by Crippen LogP contribution is 2.19. The zero-order valence-electron chi connectivity index (χ0n) is 10.0. The van der Waals surface area contributed by atoms with Crippen LogP contribution < -0.4 is 0 Å². The van der Waals surface area contributed by atoms with Gasteiger partial charge in [-0.2, -0.15) is 0 Å². The third kappa shape index (κ3) is 3.43. The Morgan fingerprint density at radius 1 is 1.12 bits per heavy atom. The number of hydrogen-bond acceptors (Lipinski definition) is 3. The Morgan fingerprint density at radius 3 is 2.00 bits per heavy atom. The van der Waals surface area contributed by atoms with Crippen molar-refractivity contribution < 1.29 is 14.3 Å². The van der Waals surface area contributed by atoms with Crippen molar-refractivity contribution in [1.29, 1.82) is 0 Å². The summed E-state index contributed by atoms with van der Waals surface area (Å²) >= 11 is 0. The molecule has 1 rings (SSSR count). The van der Waals surface area contributed by atoms with Gasteiger partial charge in [-0.15, -0.1) is 0 Å². The van der Waals surface area contributed by atoms with Gasteiger partial charge in [-0.25, -0.2) is 0 Å². The van der Waals surface area contributed by atoms with Crippen LogP contribution in [0.3, 0.4) is 0 Å². The molecule has 0 amide bonds. The van der Waals surface area contributed by atoms with E-state index in [1.54, 1.807) is 19.1 Å². The van der Waals surface area contributed by atoms with Crippen LogP contribution in [-0.4, -0.2) is 19.0 Å². The average Bonchev–Trinajstić information content (AvgIpc) is 2.29. The van der Waals surface area contributed by atoms with E-state index in [9.17, 15) is 4.79 Å². The molecule has 3 heteroatoms. The molecule has 3 nitrogen and oxygen atoms in total. The normalized spacial score (nSPS) is 10.8. The summed E-state index contributed by atoms with van der Waals surface area (Å²) in [5, 5.41) is 0. The summed E-state index contributed by atoms with van der Waals surface area (Å²) in [6, 6.07) is 7.32. The summed E-state index contributed by atoms with van der Waals surface area (Å²) in [6.45, 7) is 6.60. The van der Waals surface area contributed by atoms with E-state index in [4.69, 9.17) is 9.47 Å². The standard InChI is InChI=1S/C13H18O3/c1-4-15-13(16-5-2)12-8-6-11(7-9-12)10(3)14/h6-9,13H,4-5H2,1-3H3. The molecular formula is C13H18O3. The molecule has 0 aromatic heterocycles. The van der Waals surface area contributed by atoms with Gasteiger partial charge in [-0.1, -0.05) is 24.3 Å². The fourth-order valence-corrected chi connectivity index (χ4v) is 1.42. The van der Waals surface area contributed by atoms with Crippen molar-refractivity contribution in [3.05, 3.63) is 35.4 Å². The molecule has 16 heavy (non-hydrogen) atoms. The Hall–Kier alpha value is -1.19. The van der Waals surface area contributed by atoms with Crippen molar-refractivity contribution in [3.8, 4) is 0 Å².